The Hall–Kier alpha value is -2.92. The van der Waals surface area contributed by atoms with Gasteiger partial charge in [0.25, 0.3) is 5.91 Å². The third kappa shape index (κ3) is 3.47. The van der Waals surface area contributed by atoms with Crippen LogP contribution >= 0.6 is 11.6 Å². The minimum absolute atomic E-state index is 0.0428. The highest BCUT2D eigenvalue weighted by Crippen LogP contribution is 2.40. The van der Waals surface area contributed by atoms with Gasteiger partial charge in [0.05, 0.1) is 17.5 Å². The number of nitrogens with one attached hydrogen (secondary N) is 1. The molecule has 3 amide bonds. The second kappa shape index (κ2) is 7.48. The molecule has 2 aromatic rings. The van der Waals surface area contributed by atoms with Crippen LogP contribution in [0, 0.1) is 24.7 Å². The first-order valence-corrected chi connectivity index (χ1v) is 9.96. The smallest absolute Gasteiger partial charge is 0.255 e. The molecular formula is C23H21ClN2O3. The molecule has 148 valence electrons. The summed E-state index contributed by atoms with van der Waals surface area (Å²) in [4.78, 5) is 39.5. The van der Waals surface area contributed by atoms with E-state index in [1.165, 1.54) is 4.90 Å². The van der Waals surface area contributed by atoms with Crippen LogP contribution in [-0.2, 0) is 9.59 Å². The van der Waals surface area contributed by atoms with Gasteiger partial charge in [-0.1, -0.05) is 36.7 Å². The second-order valence-corrected chi connectivity index (χ2v) is 8.06. The van der Waals surface area contributed by atoms with Crippen LogP contribution in [0.5, 0.6) is 0 Å². The van der Waals surface area contributed by atoms with Gasteiger partial charge in [-0.15, -0.1) is 0 Å². The van der Waals surface area contributed by atoms with Crippen molar-refractivity contribution in [3.8, 4) is 0 Å². The van der Waals surface area contributed by atoms with E-state index >= 15 is 0 Å². The van der Waals surface area contributed by atoms with Crippen LogP contribution in [0.25, 0.3) is 0 Å². The van der Waals surface area contributed by atoms with E-state index in [1.807, 2.05) is 32.1 Å². The second-order valence-electron chi connectivity index (χ2n) is 7.63. The van der Waals surface area contributed by atoms with E-state index in [4.69, 9.17) is 11.6 Å². The number of fused-ring (bicyclic) bond motifs is 1. The third-order valence-corrected chi connectivity index (χ3v) is 5.94. The van der Waals surface area contributed by atoms with Gasteiger partial charge in [-0.05, 0) is 61.2 Å². The van der Waals surface area contributed by atoms with Crippen molar-refractivity contribution in [2.75, 3.05) is 10.2 Å². The number of amides is 3. The standard InChI is InChI=1S/C23H21ClN2O3/c1-13-6-9-16(24)12-19(13)25-21(27)15-7-10-17(11-8-15)26-22(28)18-5-3-4-14(2)20(18)23(26)29/h3-4,6-12,14,18,20H,5H2,1-2H3,(H,25,27)/t14-,18+,20+/m1/s1. The SMILES string of the molecule is Cc1ccc(Cl)cc1NC(=O)c1ccc(N2C(=O)[C@H]3[C@H](C)C=CC[C@@H]3C2=O)cc1. The van der Waals surface area contributed by atoms with Crippen LogP contribution in [0.3, 0.4) is 0 Å². The fourth-order valence-corrected chi connectivity index (χ4v) is 4.26. The molecule has 0 spiro atoms. The third-order valence-electron chi connectivity index (χ3n) is 5.71. The zero-order chi connectivity index (χ0) is 20.7. The highest BCUT2D eigenvalue weighted by molar-refractivity contribution is 6.31. The molecule has 29 heavy (non-hydrogen) atoms. The number of hydrogen-bond donors (Lipinski definition) is 1. The molecule has 1 heterocycles. The van der Waals surface area contributed by atoms with Crippen molar-refractivity contribution >= 4 is 40.7 Å². The van der Waals surface area contributed by atoms with Crippen molar-refractivity contribution < 1.29 is 14.4 Å². The molecule has 2 aromatic carbocycles. The Morgan fingerprint density at radius 2 is 1.83 bits per heavy atom. The normalized spacial score (nSPS) is 23.3. The van der Waals surface area contributed by atoms with Gasteiger partial charge in [-0.3, -0.25) is 19.3 Å². The summed E-state index contributed by atoms with van der Waals surface area (Å²) in [7, 11) is 0. The molecule has 6 heteroatoms. The van der Waals surface area contributed by atoms with Gasteiger partial charge in [0.2, 0.25) is 11.8 Å². The largest absolute Gasteiger partial charge is 0.322 e. The number of rotatable bonds is 3. The van der Waals surface area contributed by atoms with E-state index in [2.05, 4.69) is 5.32 Å². The topological polar surface area (TPSA) is 66.5 Å². The average Bonchev–Trinajstić information content (AvgIpc) is 2.96. The fourth-order valence-electron chi connectivity index (χ4n) is 4.09. The molecule has 0 unspecified atom stereocenters. The zero-order valence-electron chi connectivity index (χ0n) is 16.2. The summed E-state index contributed by atoms with van der Waals surface area (Å²) >= 11 is 6.00. The van der Waals surface area contributed by atoms with Gasteiger partial charge < -0.3 is 5.32 Å². The number of hydrogen-bond acceptors (Lipinski definition) is 3. The van der Waals surface area contributed by atoms with Crippen LogP contribution in [-0.4, -0.2) is 17.7 Å². The minimum atomic E-state index is -0.304. The Kier molecular flexibility index (Phi) is 5.01. The highest BCUT2D eigenvalue weighted by Gasteiger charge is 2.50. The summed E-state index contributed by atoms with van der Waals surface area (Å²) in [5.74, 6) is -1.17. The number of halogens is 1. The number of imide groups is 1. The molecule has 0 saturated carbocycles. The van der Waals surface area contributed by atoms with Gasteiger partial charge in [0, 0.05) is 16.3 Å². The van der Waals surface area contributed by atoms with E-state index < -0.39 is 0 Å². The number of allylic oxidation sites excluding steroid dienone is 2. The maximum absolute atomic E-state index is 12.9. The number of benzene rings is 2. The molecule has 2 aliphatic rings. The van der Waals surface area contributed by atoms with Crippen LogP contribution < -0.4 is 10.2 Å². The molecule has 1 aliphatic heterocycles. The average molecular weight is 409 g/mol. The summed E-state index contributed by atoms with van der Waals surface area (Å²) in [6.45, 7) is 3.85. The van der Waals surface area contributed by atoms with Crippen LogP contribution in [0.1, 0.15) is 29.3 Å². The van der Waals surface area contributed by atoms with E-state index in [0.717, 1.165) is 5.56 Å². The summed E-state index contributed by atoms with van der Waals surface area (Å²) in [5, 5.41) is 3.38. The number of carbonyl (C=O) groups is 3. The predicted octanol–water partition coefficient (Wildman–Crippen LogP) is 4.60. The van der Waals surface area contributed by atoms with Crippen molar-refractivity contribution in [1.82, 2.24) is 0 Å². The first kappa shape index (κ1) is 19.4. The number of anilines is 2. The molecule has 0 aromatic heterocycles. The van der Waals surface area contributed by atoms with Crippen molar-refractivity contribution in [3.05, 3.63) is 70.8 Å². The maximum atomic E-state index is 12.9. The maximum Gasteiger partial charge on any atom is 0.255 e. The molecule has 0 radical (unpaired) electrons. The summed E-state index contributed by atoms with van der Waals surface area (Å²) < 4.78 is 0. The molecule has 5 nitrogen and oxygen atoms in total. The lowest BCUT2D eigenvalue weighted by atomic mass is 9.78. The molecule has 1 fully saturated rings. The molecule has 3 atom stereocenters. The Morgan fingerprint density at radius 1 is 1.10 bits per heavy atom. The quantitative estimate of drug-likeness (QED) is 0.596. The van der Waals surface area contributed by atoms with E-state index in [-0.39, 0.29) is 35.5 Å². The van der Waals surface area contributed by atoms with Gasteiger partial charge in [-0.2, -0.15) is 0 Å². The van der Waals surface area contributed by atoms with Gasteiger partial charge in [-0.25, -0.2) is 0 Å². The van der Waals surface area contributed by atoms with Gasteiger partial charge in [0.15, 0.2) is 0 Å². The first-order chi connectivity index (χ1) is 13.9. The Labute approximate surface area is 174 Å². The molecule has 4 rings (SSSR count). The van der Waals surface area contributed by atoms with Crippen molar-refractivity contribution in [2.24, 2.45) is 17.8 Å². The summed E-state index contributed by atoms with van der Waals surface area (Å²) in [6, 6.07) is 11.8. The van der Waals surface area contributed by atoms with Crippen molar-refractivity contribution in [3.63, 3.8) is 0 Å². The fraction of sp³-hybridized carbons (Fsp3) is 0.261. The van der Waals surface area contributed by atoms with E-state index in [9.17, 15) is 14.4 Å². The Morgan fingerprint density at radius 3 is 2.52 bits per heavy atom. The van der Waals surface area contributed by atoms with Gasteiger partial charge >= 0.3 is 0 Å². The van der Waals surface area contributed by atoms with Crippen LogP contribution in [0.4, 0.5) is 11.4 Å². The lowest BCUT2D eigenvalue weighted by molar-refractivity contribution is -0.122. The van der Waals surface area contributed by atoms with Crippen LogP contribution in [0.2, 0.25) is 5.02 Å². The Balaban J connectivity index is 1.54. The van der Waals surface area contributed by atoms with Crippen LogP contribution in [0.15, 0.2) is 54.6 Å². The monoisotopic (exact) mass is 408 g/mol. The predicted molar refractivity (Wildman–Crippen MR) is 113 cm³/mol. The Bertz CT molecular complexity index is 1030. The lowest BCUT2D eigenvalue weighted by Crippen LogP contribution is -2.31. The van der Waals surface area contributed by atoms with Gasteiger partial charge in [0.1, 0.15) is 0 Å². The molecule has 1 saturated heterocycles. The zero-order valence-corrected chi connectivity index (χ0v) is 16.9. The summed E-state index contributed by atoms with van der Waals surface area (Å²) in [6.07, 6.45) is 4.57. The number of nitrogens with zero attached hydrogens (tertiary/aromatic N) is 1. The van der Waals surface area contributed by atoms with Crippen molar-refractivity contribution in [2.45, 2.75) is 20.3 Å². The van der Waals surface area contributed by atoms with E-state index in [0.29, 0.717) is 28.4 Å². The highest BCUT2D eigenvalue weighted by atomic mass is 35.5. The number of carbonyl (C=O) groups excluding carboxylic acids is 3. The first-order valence-electron chi connectivity index (χ1n) is 9.59. The summed E-state index contributed by atoms with van der Waals surface area (Å²) in [5.41, 5.74) is 2.47. The van der Waals surface area contributed by atoms with Crippen molar-refractivity contribution in [1.29, 1.82) is 0 Å². The lowest BCUT2D eigenvalue weighted by Gasteiger charge is -2.22. The minimum Gasteiger partial charge on any atom is -0.322 e. The van der Waals surface area contributed by atoms with E-state index in [1.54, 1.807) is 36.4 Å². The molecule has 1 N–H and O–H groups in total. The molecular weight excluding hydrogens is 388 g/mol. The molecule has 1 aliphatic carbocycles. The molecule has 0 bridgehead atoms. The number of aryl methyl sites for hydroxylation is 1.